The van der Waals surface area contributed by atoms with Gasteiger partial charge in [0.1, 0.15) is 22.3 Å². The standard InChI is InChI=1S/C19H20Cl2FN5O/c1-9(2)17(21)27-15-11(20)8-23-13-5-12(22)14(26-16(13)15)10-6-24-18(25-7-10)19(3,4)28/h5-9,17,28H,1-4H3,(H,23,27). The van der Waals surface area contributed by atoms with E-state index in [1.165, 1.54) is 24.7 Å². The van der Waals surface area contributed by atoms with Crippen molar-refractivity contribution >= 4 is 39.9 Å². The molecular formula is C19H20Cl2FN5O. The van der Waals surface area contributed by atoms with E-state index in [1.807, 2.05) is 13.8 Å². The number of anilines is 1. The summed E-state index contributed by atoms with van der Waals surface area (Å²) in [6, 6.07) is 1.28. The van der Waals surface area contributed by atoms with E-state index in [-0.39, 0.29) is 17.4 Å². The maximum absolute atomic E-state index is 14.7. The molecule has 28 heavy (non-hydrogen) atoms. The number of nitrogens with one attached hydrogen (secondary N) is 1. The summed E-state index contributed by atoms with van der Waals surface area (Å²) in [5, 5.41) is 13.4. The average molecular weight is 424 g/mol. The van der Waals surface area contributed by atoms with E-state index in [0.717, 1.165) is 0 Å². The van der Waals surface area contributed by atoms with Crippen molar-refractivity contribution in [2.24, 2.45) is 5.92 Å². The second-order valence-electron chi connectivity index (χ2n) is 7.31. The van der Waals surface area contributed by atoms with Crippen molar-refractivity contribution in [1.82, 2.24) is 19.9 Å². The molecule has 0 spiro atoms. The lowest BCUT2D eigenvalue weighted by atomic mass is 10.1. The van der Waals surface area contributed by atoms with Crippen LogP contribution in [-0.2, 0) is 5.60 Å². The van der Waals surface area contributed by atoms with Crippen molar-refractivity contribution < 1.29 is 9.50 Å². The quantitative estimate of drug-likeness (QED) is 0.455. The summed E-state index contributed by atoms with van der Waals surface area (Å²) < 4.78 is 14.7. The molecule has 0 saturated heterocycles. The average Bonchev–Trinajstić information content (AvgIpc) is 2.63. The van der Waals surface area contributed by atoms with Gasteiger partial charge in [-0.2, -0.15) is 0 Å². The van der Waals surface area contributed by atoms with Crippen LogP contribution in [0, 0.1) is 11.7 Å². The van der Waals surface area contributed by atoms with Gasteiger partial charge < -0.3 is 10.4 Å². The molecule has 6 nitrogen and oxygen atoms in total. The highest BCUT2D eigenvalue weighted by molar-refractivity contribution is 6.34. The Bertz CT molecular complexity index is 1010. The van der Waals surface area contributed by atoms with Crippen molar-refractivity contribution in [2.45, 2.75) is 38.8 Å². The van der Waals surface area contributed by atoms with Crippen molar-refractivity contribution in [3.63, 3.8) is 0 Å². The minimum Gasteiger partial charge on any atom is -0.382 e. The molecule has 1 unspecified atom stereocenters. The van der Waals surface area contributed by atoms with E-state index in [0.29, 0.717) is 27.3 Å². The van der Waals surface area contributed by atoms with Gasteiger partial charge in [0.05, 0.1) is 16.2 Å². The third-order valence-corrected chi connectivity index (χ3v) is 4.99. The number of hydrogen-bond donors (Lipinski definition) is 2. The summed E-state index contributed by atoms with van der Waals surface area (Å²) >= 11 is 12.6. The number of aliphatic hydroxyl groups is 1. The third-order valence-electron chi connectivity index (χ3n) is 4.09. The fourth-order valence-electron chi connectivity index (χ4n) is 2.48. The molecule has 0 fully saturated rings. The first-order chi connectivity index (χ1) is 13.1. The molecule has 3 aromatic rings. The molecular weight excluding hydrogens is 404 g/mol. The van der Waals surface area contributed by atoms with Crippen LogP contribution < -0.4 is 5.32 Å². The molecule has 0 aliphatic carbocycles. The molecule has 3 rings (SSSR count). The Balaban J connectivity index is 2.13. The summed E-state index contributed by atoms with van der Waals surface area (Å²) in [4.78, 5) is 16.8. The van der Waals surface area contributed by atoms with Gasteiger partial charge in [0.15, 0.2) is 11.6 Å². The Morgan fingerprint density at radius 2 is 1.79 bits per heavy atom. The smallest absolute Gasteiger partial charge is 0.159 e. The van der Waals surface area contributed by atoms with E-state index in [2.05, 4.69) is 25.3 Å². The van der Waals surface area contributed by atoms with Gasteiger partial charge >= 0.3 is 0 Å². The molecule has 9 heteroatoms. The van der Waals surface area contributed by atoms with Gasteiger partial charge in [-0.3, -0.25) is 4.98 Å². The summed E-state index contributed by atoms with van der Waals surface area (Å²) in [6.07, 6.45) is 4.26. The molecule has 0 aromatic carbocycles. The fraction of sp³-hybridized carbons (Fsp3) is 0.368. The van der Waals surface area contributed by atoms with Crippen LogP contribution in [0.5, 0.6) is 0 Å². The molecule has 1 atom stereocenters. The lowest BCUT2D eigenvalue weighted by Crippen LogP contribution is -2.19. The highest BCUT2D eigenvalue weighted by atomic mass is 35.5. The number of halogens is 3. The summed E-state index contributed by atoms with van der Waals surface area (Å²) in [7, 11) is 0. The number of fused-ring (bicyclic) bond motifs is 1. The summed E-state index contributed by atoms with van der Waals surface area (Å²) in [5.74, 6) is -0.214. The molecule has 2 N–H and O–H groups in total. The second kappa shape index (κ2) is 7.73. The molecule has 0 aliphatic rings. The Labute approximate surface area is 172 Å². The van der Waals surface area contributed by atoms with Crippen LogP contribution in [0.25, 0.3) is 22.3 Å². The van der Waals surface area contributed by atoms with Gasteiger partial charge in [-0.05, 0) is 19.8 Å². The van der Waals surface area contributed by atoms with E-state index in [4.69, 9.17) is 23.2 Å². The van der Waals surface area contributed by atoms with Gasteiger partial charge in [-0.1, -0.05) is 37.0 Å². The highest BCUT2D eigenvalue weighted by Crippen LogP contribution is 2.33. The van der Waals surface area contributed by atoms with Gasteiger partial charge in [0, 0.05) is 30.2 Å². The molecule has 0 amide bonds. The molecule has 0 bridgehead atoms. The largest absolute Gasteiger partial charge is 0.382 e. The maximum Gasteiger partial charge on any atom is 0.159 e. The van der Waals surface area contributed by atoms with Gasteiger partial charge in [-0.25, -0.2) is 19.3 Å². The van der Waals surface area contributed by atoms with E-state index in [9.17, 15) is 9.50 Å². The topological polar surface area (TPSA) is 83.8 Å². The number of hydrogen-bond acceptors (Lipinski definition) is 6. The maximum atomic E-state index is 14.7. The predicted octanol–water partition coefficient (Wildman–Crippen LogP) is 4.74. The molecule has 3 heterocycles. The zero-order valence-electron chi connectivity index (χ0n) is 15.8. The Morgan fingerprint density at radius 1 is 1.14 bits per heavy atom. The van der Waals surface area contributed by atoms with Crippen LogP contribution in [0.4, 0.5) is 10.1 Å². The lowest BCUT2D eigenvalue weighted by Gasteiger charge is -2.19. The minimum absolute atomic E-state index is 0.0533. The number of rotatable bonds is 5. The number of pyridine rings is 2. The Hall–Kier alpha value is -2.09. The minimum atomic E-state index is -1.20. The van der Waals surface area contributed by atoms with Crippen molar-refractivity contribution in [3.05, 3.63) is 41.3 Å². The lowest BCUT2D eigenvalue weighted by molar-refractivity contribution is 0.0687. The van der Waals surface area contributed by atoms with Crippen molar-refractivity contribution in [3.8, 4) is 11.3 Å². The van der Waals surface area contributed by atoms with Crippen LogP contribution in [-0.4, -0.2) is 30.5 Å². The first-order valence-electron chi connectivity index (χ1n) is 8.68. The molecule has 148 valence electrons. The molecule has 3 aromatic heterocycles. The zero-order chi connectivity index (χ0) is 20.6. The fourth-order valence-corrected chi connectivity index (χ4v) is 2.78. The molecule has 0 aliphatic heterocycles. The second-order valence-corrected chi connectivity index (χ2v) is 8.19. The van der Waals surface area contributed by atoms with Gasteiger partial charge in [0.25, 0.3) is 0 Å². The first kappa shape index (κ1) is 20.6. The van der Waals surface area contributed by atoms with Crippen LogP contribution >= 0.6 is 23.2 Å². The number of aromatic nitrogens is 4. The van der Waals surface area contributed by atoms with Crippen LogP contribution in [0.1, 0.15) is 33.5 Å². The van der Waals surface area contributed by atoms with E-state index >= 15 is 0 Å². The molecule has 0 saturated carbocycles. The monoisotopic (exact) mass is 423 g/mol. The third kappa shape index (κ3) is 4.16. The van der Waals surface area contributed by atoms with Crippen LogP contribution in [0.15, 0.2) is 24.7 Å². The normalized spacial score (nSPS) is 13.2. The highest BCUT2D eigenvalue weighted by Gasteiger charge is 2.21. The zero-order valence-corrected chi connectivity index (χ0v) is 17.3. The number of nitrogens with zero attached hydrogens (tertiary/aromatic N) is 4. The Kier molecular flexibility index (Phi) is 5.70. The van der Waals surface area contributed by atoms with Gasteiger partial charge in [0.2, 0.25) is 0 Å². The first-order valence-corrected chi connectivity index (χ1v) is 9.50. The van der Waals surface area contributed by atoms with E-state index in [1.54, 1.807) is 13.8 Å². The summed E-state index contributed by atoms with van der Waals surface area (Å²) in [6.45, 7) is 7.06. The molecule has 0 radical (unpaired) electrons. The van der Waals surface area contributed by atoms with Crippen molar-refractivity contribution in [2.75, 3.05) is 5.32 Å². The summed E-state index contributed by atoms with van der Waals surface area (Å²) in [5.41, 5.74) is 0.0384. The van der Waals surface area contributed by atoms with E-state index < -0.39 is 16.9 Å². The predicted molar refractivity (Wildman–Crippen MR) is 109 cm³/mol. The number of alkyl halides is 1. The van der Waals surface area contributed by atoms with Crippen molar-refractivity contribution in [1.29, 1.82) is 0 Å². The van der Waals surface area contributed by atoms with Gasteiger partial charge in [-0.15, -0.1) is 0 Å². The van der Waals surface area contributed by atoms with Crippen LogP contribution in [0.2, 0.25) is 5.02 Å². The van der Waals surface area contributed by atoms with Crippen LogP contribution in [0.3, 0.4) is 0 Å². The SMILES string of the molecule is CC(C)C(Cl)Nc1c(Cl)cnc2cc(F)c(-c3cnc(C(C)(C)O)nc3)nc12. The Morgan fingerprint density at radius 3 is 2.36 bits per heavy atom.